The van der Waals surface area contributed by atoms with Gasteiger partial charge in [0.1, 0.15) is 0 Å². The van der Waals surface area contributed by atoms with Crippen LogP contribution in [0, 0.1) is 0 Å². The van der Waals surface area contributed by atoms with Crippen molar-refractivity contribution in [3.8, 4) is 0 Å². The first kappa shape index (κ1) is 11.3. The number of nitrogens with two attached hydrogens (primary N) is 1. The van der Waals surface area contributed by atoms with E-state index in [1.165, 1.54) is 18.2 Å². The Kier molecular flexibility index (Phi) is 3.36. The van der Waals surface area contributed by atoms with Crippen LogP contribution in [0.3, 0.4) is 0 Å². The first-order valence-corrected chi connectivity index (χ1v) is 5.89. The SMILES string of the molecule is Nc1ccc(S(=O)(=O)CCO)cc1Cl. The third-order valence-corrected chi connectivity index (χ3v) is 3.71. The van der Waals surface area contributed by atoms with Gasteiger partial charge in [-0.1, -0.05) is 11.6 Å². The fourth-order valence-corrected chi connectivity index (χ4v) is 2.23. The average molecular weight is 236 g/mol. The molecule has 6 heteroatoms. The topological polar surface area (TPSA) is 80.4 Å². The number of benzene rings is 1. The monoisotopic (exact) mass is 235 g/mol. The lowest BCUT2D eigenvalue weighted by molar-refractivity contribution is 0.319. The number of anilines is 1. The van der Waals surface area contributed by atoms with Gasteiger partial charge >= 0.3 is 0 Å². The number of rotatable bonds is 3. The number of aliphatic hydroxyl groups is 1. The van der Waals surface area contributed by atoms with Crippen molar-refractivity contribution in [2.75, 3.05) is 18.1 Å². The van der Waals surface area contributed by atoms with E-state index in [4.69, 9.17) is 22.4 Å². The van der Waals surface area contributed by atoms with E-state index in [9.17, 15) is 8.42 Å². The highest BCUT2D eigenvalue weighted by atomic mass is 35.5. The molecule has 0 heterocycles. The van der Waals surface area contributed by atoms with E-state index in [2.05, 4.69) is 0 Å². The Morgan fingerprint density at radius 3 is 2.57 bits per heavy atom. The summed E-state index contributed by atoms with van der Waals surface area (Å²) in [5.41, 5.74) is 5.76. The number of hydrogen-bond donors (Lipinski definition) is 2. The van der Waals surface area contributed by atoms with E-state index in [0.717, 1.165) is 0 Å². The molecule has 0 fully saturated rings. The second kappa shape index (κ2) is 4.16. The summed E-state index contributed by atoms with van der Waals surface area (Å²) >= 11 is 5.67. The minimum atomic E-state index is -3.44. The molecule has 0 aliphatic heterocycles. The molecule has 0 aliphatic rings. The second-order valence-corrected chi connectivity index (χ2v) is 5.24. The first-order chi connectivity index (χ1) is 6.47. The lowest BCUT2D eigenvalue weighted by Crippen LogP contribution is -2.10. The van der Waals surface area contributed by atoms with Crippen LogP contribution in [0.5, 0.6) is 0 Å². The van der Waals surface area contributed by atoms with Crippen molar-refractivity contribution in [1.82, 2.24) is 0 Å². The van der Waals surface area contributed by atoms with E-state index in [1.54, 1.807) is 0 Å². The summed E-state index contributed by atoms with van der Waals surface area (Å²) in [7, 11) is -3.44. The zero-order valence-electron chi connectivity index (χ0n) is 7.27. The Morgan fingerprint density at radius 2 is 2.07 bits per heavy atom. The summed E-state index contributed by atoms with van der Waals surface area (Å²) < 4.78 is 22.9. The molecule has 0 aliphatic carbocycles. The van der Waals surface area contributed by atoms with Gasteiger partial charge in [-0.15, -0.1) is 0 Å². The Hall–Kier alpha value is -0.780. The highest BCUT2D eigenvalue weighted by Crippen LogP contribution is 2.22. The Bertz CT molecular complexity index is 430. The first-order valence-electron chi connectivity index (χ1n) is 3.86. The molecule has 0 radical (unpaired) electrons. The molecule has 0 amide bonds. The molecule has 1 rings (SSSR count). The van der Waals surface area contributed by atoms with Crippen molar-refractivity contribution < 1.29 is 13.5 Å². The normalized spacial score (nSPS) is 11.6. The van der Waals surface area contributed by atoms with Gasteiger partial charge in [-0.05, 0) is 18.2 Å². The number of sulfone groups is 1. The van der Waals surface area contributed by atoms with E-state index in [0.29, 0.717) is 5.69 Å². The van der Waals surface area contributed by atoms with Crippen molar-refractivity contribution in [1.29, 1.82) is 0 Å². The van der Waals surface area contributed by atoms with E-state index in [-0.39, 0.29) is 15.7 Å². The van der Waals surface area contributed by atoms with Crippen molar-refractivity contribution in [3.05, 3.63) is 23.2 Å². The molecule has 0 saturated heterocycles. The van der Waals surface area contributed by atoms with Crippen LogP contribution in [0.25, 0.3) is 0 Å². The van der Waals surface area contributed by atoms with Gasteiger partial charge in [-0.3, -0.25) is 0 Å². The van der Waals surface area contributed by atoms with Crippen molar-refractivity contribution in [3.63, 3.8) is 0 Å². The lowest BCUT2D eigenvalue weighted by atomic mass is 10.3. The molecule has 1 aromatic carbocycles. The van der Waals surface area contributed by atoms with Gasteiger partial charge in [0.05, 0.1) is 28.0 Å². The molecular weight excluding hydrogens is 226 g/mol. The number of nitrogen functional groups attached to an aromatic ring is 1. The second-order valence-electron chi connectivity index (χ2n) is 2.73. The molecule has 0 aromatic heterocycles. The van der Waals surface area contributed by atoms with Crippen LogP contribution in [0.15, 0.2) is 23.1 Å². The van der Waals surface area contributed by atoms with Gasteiger partial charge < -0.3 is 10.8 Å². The predicted octanol–water partition coefficient (Wildman–Crippen LogP) is 0.688. The average Bonchev–Trinajstić information content (AvgIpc) is 2.09. The van der Waals surface area contributed by atoms with Crippen LogP contribution in [0.4, 0.5) is 5.69 Å². The highest BCUT2D eigenvalue weighted by molar-refractivity contribution is 7.91. The molecule has 0 unspecified atom stereocenters. The van der Waals surface area contributed by atoms with Gasteiger partial charge in [0.25, 0.3) is 0 Å². The van der Waals surface area contributed by atoms with Gasteiger partial charge in [0.2, 0.25) is 0 Å². The Balaban J connectivity index is 3.15. The minimum Gasteiger partial charge on any atom is -0.398 e. The molecule has 0 atom stereocenters. The molecule has 0 saturated carbocycles. The largest absolute Gasteiger partial charge is 0.398 e. The molecule has 1 aromatic rings. The molecule has 0 spiro atoms. The predicted molar refractivity (Wildman–Crippen MR) is 55.0 cm³/mol. The van der Waals surface area contributed by atoms with Crippen molar-refractivity contribution >= 4 is 27.1 Å². The fourth-order valence-electron chi connectivity index (χ4n) is 0.939. The molecule has 0 bridgehead atoms. The summed E-state index contributed by atoms with van der Waals surface area (Å²) in [5.74, 6) is -0.312. The number of hydrogen-bond acceptors (Lipinski definition) is 4. The van der Waals surface area contributed by atoms with Crippen LogP contribution in [0.2, 0.25) is 5.02 Å². The van der Waals surface area contributed by atoms with Gasteiger partial charge in [-0.2, -0.15) is 0 Å². The van der Waals surface area contributed by atoms with Gasteiger partial charge in [0, 0.05) is 0 Å². The smallest absolute Gasteiger partial charge is 0.180 e. The molecule has 14 heavy (non-hydrogen) atoms. The summed E-state index contributed by atoms with van der Waals surface area (Å²) in [6.45, 7) is -0.412. The van der Waals surface area contributed by atoms with Gasteiger partial charge in [-0.25, -0.2) is 8.42 Å². The van der Waals surface area contributed by atoms with Crippen LogP contribution >= 0.6 is 11.6 Å². The van der Waals surface area contributed by atoms with Crippen LogP contribution in [0.1, 0.15) is 0 Å². The van der Waals surface area contributed by atoms with Crippen LogP contribution in [-0.2, 0) is 9.84 Å². The standard InChI is InChI=1S/C8H10ClNO3S/c9-7-5-6(1-2-8(7)10)14(12,13)4-3-11/h1-2,5,11H,3-4,10H2. The van der Waals surface area contributed by atoms with E-state index < -0.39 is 16.4 Å². The summed E-state index contributed by atoms with van der Waals surface area (Å²) in [6.07, 6.45) is 0. The van der Waals surface area contributed by atoms with Gasteiger partial charge in [0.15, 0.2) is 9.84 Å². The van der Waals surface area contributed by atoms with Crippen molar-refractivity contribution in [2.24, 2.45) is 0 Å². The lowest BCUT2D eigenvalue weighted by Gasteiger charge is -2.04. The molecule has 3 N–H and O–H groups in total. The molecule has 4 nitrogen and oxygen atoms in total. The minimum absolute atomic E-state index is 0.0748. The third-order valence-electron chi connectivity index (χ3n) is 1.69. The maximum absolute atomic E-state index is 11.4. The summed E-state index contributed by atoms with van der Waals surface area (Å²) in [4.78, 5) is 0.0748. The highest BCUT2D eigenvalue weighted by Gasteiger charge is 2.14. The van der Waals surface area contributed by atoms with E-state index in [1.807, 2.05) is 0 Å². The molecule has 78 valence electrons. The Labute approximate surface area is 87.2 Å². The summed E-state index contributed by atoms with van der Waals surface area (Å²) in [6, 6.07) is 4.07. The quantitative estimate of drug-likeness (QED) is 0.756. The zero-order chi connectivity index (χ0) is 10.8. The van der Waals surface area contributed by atoms with Crippen LogP contribution < -0.4 is 5.73 Å². The zero-order valence-corrected chi connectivity index (χ0v) is 8.85. The van der Waals surface area contributed by atoms with E-state index >= 15 is 0 Å². The fraction of sp³-hybridized carbons (Fsp3) is 0.250. The Morgan fingerprint density at radius 1 is 1.43 bits per heavy atom. The number of aliphatic hydroxyl groups excluding tert-OH is 1. The maximum atomic E-state index is 11.4. The van der Waals surface area contributed by atoms with Crippen LogP contribution in [-0.4, -0.2) is 25.9 Å². The van der Waals surface area contributed by atoms with Crippen molar-refractivity contribution in [2.45, 2.75) is 4.90 Å². The summed E-state index contributed by atoms with van der Waals surface area (Å²) in [5, 5.41) is 8.75. The number of halogens is 1. The molecular formula is C8H10ClNO3S. The third kappa shape index (κ3) is 2.37. The maximum Gasteiger partial charge on any atom is 0.180 e.